The van der Waals surface area contributed by atoms with Gasteiger partial charge in [-0.15, -0.1) is 0 Å². The van der Waals surface area contributed by atoms with Crippen LogP contribution in [0.25, 0.3) is 0 Å². The van der Waals surface area contributed by atoms with E-state index in [1.165, 1.54) is 11.4 Å². The average molecular weight is 156 g/mol. The fraction of sp³-hybridized carbons (Fsp3) is 0. The molecule has 2 heteroatoms. The third kappa shape index (κ3) is 1.63. The Morgan fingerprint density at radius 2 is 1.75 bits per heavy atom. The molecular formula is C6H5PTi+2. The zero-order chi connectivity index (χ0) is 5.82. The molecule has 0 heterocycles. The fourth-order valence-corrected chi connectivity index (χ4v) is 1.52. The molecule has 0 spiro atoms. The van der Waals surface area contributed by atoms with Crippen LogP contribution < -0.4 is 5.30 Å². The molecule has 1 aromatic rings. The molecular weight excluding hydrogens is 151 g/mol. The third-order valence-electron chi connectivity index (χ3n) is 0.885. The minimum absolute atomic E-state index is 1.35. The van der Waals surface area contributed by atoms with Crippen LogP contribution in [0, 0.1) is 0 Å². The summed E-state index contributed by atoms with van der Waals surface area (Å²) >= 11 is 2.13. The first-order valence-corrected chi connectivity index (χ1v) is 5.35. The quantitative estimate of drug-likeness (QED) is 0.428. The molecule has 0 N–H and O–H groups in total. The third-order valence-corrected chi connectivity index (χ3v) is 2.65. The Morgan fingerprint density at radius 3 is 2.12 bits per heavy atom. The molecule has 0 aliphatic rings. The van der Waals surface area contributed by atoms with Gasteiger partial charge in [0.05, 0.1) is 0 Å². The van der Waals surface area contributed by atoms with Crippen molar-refractivity contribution in [2.45, 2.75) is 0 Å². The van der Waals surface area contributed by atoms with E-state index in [1.807, 2.05) is 6.07 Å². The molecule has 0 nitrogen and oxygen atoms in total. The average Bonchev–Trinajstić information content (AvgIpc) is 1.90. The van der Waals surface area contributed by atoms with E-state index in [2.05, 4.69) is 43.7 Å². The molecule has 0 amide bonds. The van der Waals surface area contributed by atoms with Crippen molar-refractivity contribution in [3.63, 3.8) is 0 Å². The second-order valence-corrected chi connectivity index (χ2v) is 3.23. The molecule has 0 saturated heterocycles. The van der Waals surface area contributed by atoms with Crippen molar-refractivity contribution in [2.24, 2.45) is 0 Å². The minimum atomic E-state index is 1.35. The Kier molecular flexibility index (Phi) is 2.62. The van der Waals surface area contributed by atoms with Crippen LogP contribution in [0.3, 0.4) is 0 Å². The summed E-state index contributed by atoms with van der Waals surface area (Å²) in [7, 11) is 0. The van der Waals surface area contributed by atoms with Crippen molar-refractivity contribution in [3.05, 3.63) is 30.3 Å². The molecule has 0 radical (unpaired) electrons. The van der Waals surface area contributed by atoms with Gasteiger partial charge in [0, 0.05) is 0 Å². The zero-order valence-corrected chi connectivity index (χ0v) is 6.79. The van der Waals surface area contributed by atoms with Crippen molar-refractivity contribution < 1.29 is 19.4 Å². The Hall–Kier alpha value is 0.234. The van der Waals surface area contributed by atoms with Gasteiger partial charge in [-0.1, -0.05) is 0 Å². The molecule has 0 aromatic heterocycles. The number of benzene rings is 1. The number of rotatable bonds is 1. The summed E-state index contributed by atoms with van der Waals surface area (Å²) in [5.74, 6) is 0. The normalized spacial score (nSPS) is 9.75. The molecule has 0 aliphatic carbocycles. The maximum absolute atomic E-state index is 2.13. The van der Waals surface area contributed by atoms with E-state index in [1.54, 1.807) is 0 Å². The predicted molar refractivity (Wildman–Crippen MR) is 33.0 cm³/mol. The van der Waals surface area contributed by atoms with Gasteiger partial charge in [0.15, 0.2) is 0 Å². The predicted octanol–water partition coefficient (Wildman–Crippen LogP) is 1.72. The Balaban J connectivity index is 2.99. The summed E-state index contributed by atoms with van der Waals surface area (Å²) in [4.78, 5) is 0. The topological polar surface area (TPSA) is 0 Å². The van der Waals surface area contributed by atoms with Gasteiger partial charge in [-0.05, 0) is 0 Å². The van der Waals surface area contributed by atoms with Crippen LogP contribution in [0.2, 0.25) is 0 Å². The molecule has 0 aliphatic heterocycles. The molecule has 1 aromatic carbocycles. The first-order chi connectivity index (χ1) is 3.93. The van der Waals surface area contributed by atoms with Gasteiger partial charge in [0.2, 0.25) is 0 Å². The standard InChI is InChI=1S/C6H5P.Ti/c7-6-4-2-1-3-5-6;/h1-5H;/q;+2. The van der Waals surface area contributed by atoms with Crippen LogP contribution in [0.5, 0.6) is 0 Å². The van der Waals surface area contributed by atoms with Gasteiger partial charge < -0.3 is 0 Å². The molecule has 36 valence electrons. The summed E-state index contributed by atoms with van der Waals surface area (Å²) in [5.41, 5.74) is 0. The van der Waals surface area contributed by atoms with E-state index in [-0.39, 0.29) is 0 Å². The molecule has 0 unspecified atom stereocenters. The Morgan fingerprint density at radius 1 is 1.12 bits per heavy atom. The van der Waals surface area contributed by atoms with E-state index in [9.17, 15) is 0 Å². The summed E-state index contributed by atoms with van der Waals surface area (Å²) in [5, 5.41) is 1.38. The summed E-state index contributed by atoms with van der Waals surface area (Å²) in [6.07, 6.45) is 1.35. The van der Waals surface area contributed by atoms with Crippen LogP contribution in [0.15, 0.2) is 30.3 Å². The molecule has 8 heavy (non-hydrogen) atoms. The van der Waals surface area contributed by atoms with Gasteiger partial charge >= 0.3 is 61.2 Å². The Labute approximate surface area is 61.3 Å². The van der Waals surface area contributed by atoms with E-state index < -0.39 is 0 Å². The maximum atomic E-state index is 2.13. The van der Waals surface area contributed by atoms with Gasteiger partial charge in [0.1, 0.15) is 0 Å². The van der Waals surface area contributed by atoms with Gasteiger partial charge in [-0.3, -0.25) is 0 Å². The van der Waals surface area contributed by atoms with Crippen LogP contribution >= 0.6 is 6.11 Å². The molecule has 1 rings (SSSR count). The van der Waals surface area contributed by atoms with E-state index in [4.69, 9.17) is 0 Å². The zero-order valence-electron chi connectivity index (χ0n) is 4.33. The fourth-order valence-electron chi connectivity index (χ4n) is 0.503. The first-order valence-electron chi connectivity index (χ1n) is 2.36. The first kappa shape index (κ1) is 6.36. The molecule has 0 atom stereocenters. The molecule has 0 bridgehead atoms. The number of hydrogen-bond donors (Lipinski definition) is 0. The van der Waals surface area contributed by atoms with Crippen molar-refractivity contribution in [3.8, 4) is 0 Å². The van der Waals surface area contributed by atoms with Gasteiger partial charge in [-0.25, -0.2) is 0 Å². The van der Waals surface area contributed by atoms with Crippen molar-refractivity contribution in [2.75, 3.05) is 0 Å². The summed E-state index contributed by atoms with van der Waals surface area (Å²) in [6.45, 7) is 0. The van der Waals surface area contributed by atoms with Crippen molar-refractivity contribution in [1.29, 1.82) is 0 Å². The second kappa shape index (κ2) is 3.30. The van der Waals surface area contributed by atoms with Crippen LogP contribution in [-0.4, -0.2) is 0 Å². The SMILES string of the molecule is [Ti+2]=[P]c1ccccc1. The molecule has 0 fully saturated rings. The summed E-state index contributed by atoms with van der Waals surface area (Å²) in [6, 6.07) is 10.4. The van der Waals surface area contributed by atoms with E-state index >= 15 is 0 Å². The van der Waals surface area contributed by atoms with Crippen molar-refractivity contribution >= 4 is 11.4 Å². The van der Waals surface area contributed by atoms with Crippen LogP contribution in [0.1, 0.15) is 0 Å². The van der Waals surface area contributed by atoms with Gasteiger partial charge in [0.25, 0.3) is 0 Å². The Bertz CT molecular complexity index is 171. The monoisotopic (exact) mass is 156 g/mol. The number of hydrogen-bond acceptors (Lipinski definition) is 0. The van der Waals surface area contributed by atoms with Crippen molar-refractivity contribution in [1.82, 2.24) is 0 Å². The van der Waals surface area contributed by atoms with Crippen LogP contribution in [-0.2, 0) is 19.4 Å². The van der Waals surface area contributed by atoms with E-state index in [0.29, 0.717) is 0 Å². The van der Waals surface area contributed by atoms with Gasteiger partial charge in [-0.2, -0.15) is 0 Å². The second-order valence-electron chi connectivity index (χ2n) is 1.45. The van der Waals surface area contributed by atoms with E-state index in [0.717, 1.165) is 0 Å². The van der Waals surface area contributed by atoms with Crippen LogP contribution in [0.4, 0.5) is 0 Å². The molecule has 0 saturated carbocycles. The summed E-state index contributed by atoms with van der Waals surface area (Å²) < 4.78 is 0.